The van der Waals surface area contributed by atoms with E-state index in [1.807, 2.05) is 19.1 Å². The number of benzene rings is 2. The Kier molecular flexibility index (Phi) is 6.17. The van der Waals surface area contributed by atoms with Gasteiger partial charge in [0.1, 0.15) is 0 Å². The fourth-order valence-corrected chi connectivity index (χ4v) is 4.54. The molecule has 0 aliphatic heterocycles. The van der Waals surface area contributed by atoms with Gasteiger partial charge in [0, 0.05) is 24.5 Å². The Balaban J connectivity index is 1.91. The number of nitrogens with zero attached hydrogens (tertiary/aromatic N) is 2. The molecule has 1 saturated carbocycles. The molecule has 4 rings (SSSR count). The molecule has 0 spiro atoms. The van der Waals surface area contributed by atoms with Gasteiger partial charge in [-0.1, -0.05) is 45.4 Å². The van der Waals surface area contributed by atoms with Crippen LogP contribution in [0.2, 0.25) is 0 Å². The number of ketones is 1. The molecular weight excluding hydrogens is 408 g/mol. The number of rotatable bonds is 6. The minimum absolute atomic E-state index is 0.0376. The first-order valence-corrected chi connectivity index (χ1v) is 11.0. The maximum atomic E-state index is 13.1. The van der Waals surface area contributed by atoms with Crippen LogP contribution in [0.5, 0.6) is 23.4 Å². The second-order valence-corrected chi connectivity index (χ2v) is 8.39. The van der Waals surface area contributed by atoms with Crippen LogP contribution < -0.4 is 18.6 Å². The molecule has 1 fully saturated rings. The van der Waals surface area contributed by atoms with E-state index in [-0.39, 0.29) is 30.3 Å². The Morgan fingerprint density at radius 2 is 1.62 bits per heavy atom. The van der Waals surface area contributed by atoms with Crippen molar-refractivity contribution in [3.05, 3.63) is 47.5 Å². The van der Waals surface area contributed by atoms with Gasteiger partial charge in [0.25, 0.3) is 0 Å². The molecule has 7 heteroatoms. The second-order valence-electron chi connectivity index (χ2n) is 8.39. The number of aryl methyl sites for hydroxylation is 1. The SMILES string of the molecule is COc1cc2c(O)[n+](C3CCCCC3)c(O)[n+](CC(=O)c3ccc(C)cc3)c2cc1OC. The summed E-state index contributed by atoms with van der Waals surface area (Å²) in [5.41, 5.74) is 2.12. The minimum Gasteiger partial charge on any atom is -0.493 e. The van der Waals surface area contributed by atoms with E-state index in [9.17, 15) is 15.0 Å². The van der Waals surface area contributed by atoms with Crippen LogP contribution in [-0.2, 0) is 6.54 Å². The zero-order valence-corrected chi connectivity index (χ0v) is 18.8. The summed E-state index contributed by atoms with van der Waals surface area (Å²) in [4.78, 5) is 13.1. The third-order valence-corrected chi connectivity index (χ3v) is 6.33. The summed E-state index contributed by atoms with van der Waals surface area (Å²) >= 11 is 0. The topological polar surface area (TPSA) is 83.8 Å². The van der Waals surface area contributed by atoms with Crippen molar-refractivity contribution in [2.75, 3.05) is 14.2 Å². The highest BCUT2D eigenvalue weighted by atomic mass is 16.5. The lowest BCUT2D eigenvalue weighted by Crippen LogP contribution is -2.52. The summed E-state index contributed by atoms with van der Waals surface area (Å²) in [6, 6.07) is 10.5. The fraction of sp³-hybridized carbons (Fsp3) is 0.400. The number of ether oxygens (including phenoxy) is 2. The van der Waals surface area contributed by atoms with E-state index in [4.69, 9.17) is 9.47 Å². The number of methoxy groups -OCH3 is 2. The van der Waals surface area contributed by atoms with E-state index >= 15 is 0 Å². The maximum Gasteiger partial charge on any atom is 0.632 e. The summed E-state index contributed by atoms with van der Waals surface area (Å²) in [7, 11) is 3.06. The molecule has 168 valence electrons. The lowest BCUT2D eigenvalue weighted by atomic mass is 9.95. The van der Waals surface area contributed by atoms with Crippen LogP contribution in [-0.4, -0.2) is 30.2 Å². The minimum atomic E-state index is -0.144. The van der Waals surface area contributed by atoms with Crippen molar-refractivity contribution in [1.29, 1.82) is 0 Å². The summed E-state index contributed by atoms with van der Waals surface area (Å²) in [6.07, 6.45) is 4.92. The van der Waals surface area contributed by atoms with E-state index in [0.29, 0.717) is 28.0 Å². The van der Waals surface area contributed by atoms with Gasteiger partial charge in [-0.2, -0.15) is 0 Å². The number of carbonyl (C=O) groups is 1. The lowest BCUT2D eigenvalue weighted by molar-refractivity contribution is -0.830. The van der Waals surface area contributed by atoms with Gasteiger partial charge >= 0.3 is 11.9 Å². The Bertz CT molecular complexity index is 1150. The number of aromatic nitrogens is 2. The smallest absolute Gasteiger partial charge is 0.493 e. The van der Waals surface area contributed by atoms with Crippen LogP contribution in [0.25, 0.3) is 10.9 Å². The zero-order valence-electron chi connectivity index (χ0n) is 18.8. The average Bonchev–Trinajstić information content (AvgIpc) is 2.82. The van der Waals surface area contributed by atoms with Gasteiger partial charge in [-0.3, -0.25) is 4.79 Å². The number of carbonyl (C=O) groups excluding carboxylic acids is 1. The zero-order chi connectivity index (χ0) is 22.8. The molecule has 0 saturated heterocycles. The monoisotopic (exact) mass is 438 g/mol. The van der Waals surface area contributed by atoms with Crippen molar-refractivity contribution >= 4 is 16.7 Å². The predicted molar refractivity (Wildman–Crippen MR) is 118 cm³/mol. The first-order valence-electron chi connectivity index (χ1n) is 11.0. The summed E-state index contributed by atoms with van der Waals surface area (Å²) in [6.45, 7) is 1.89. The van der Waals surface area contributed by atoms with E-state index in [1.54, 1.807) is 33.4 Å². The quantitative estimate of drug-likeness (QED) is 0.454. The molecule has 32 heavy (non-hydrogen) atoms. The highest BCUT2D eigenvalue weighted by Crippen LogP contribution is 2.36. The Labute approximate surface area is 187 Å². The number of Topliss-reactive ketones (excluding diaryl/α,β-unsaturated/α-hetero) is 1. The lowest BCUT2D eigenvalue weighted by Gasteiger charge is -2.18. The molecule has 0 radical (unpaired) electrons. The average molecular weight is 439 g/mol. The van der Waals surface area contributed by atoms with Crippen LogP contribution in [0.3, 0.4) is 0 Å². The van der Waals surface area contributed by atoms with Crippen LogP contribution in [0.1, 0.15) is 54.1 Å². The standard InChI is InChI=1S/C25H28N2O5/c1-16-9-11-17(12-10-16)21(28)15-26-20-14-23(32-3)22(31-2)13-19(20)24(29)27(25(26)30)18-7-5-4-6-8-18/h9-14,18H,4-8,15H2,1-3H3/p+2. The van der Waals surface area contributed by atoms with Crippen LogP contribution in [0.4, 0.5) is 0 Å². The highest BCUT2D eigenvalue weighted by molar-refractivity contribution is 5.95. The molecule has 1 heterocycles. The van der Waals surface area contributed by atoms with Crippen LogP contribution >= 0.6 is 0 Å². The van der Waals surface area contributed by atoms with E-state index in [2.05, 4.69) is 0 Å². The van der Waals surface area contributed by atoms with E-state index in [1.165, 1.54) is 14.2 Å². The summed E-state index contributed by atoms with van der Waals surface area (Å²) < 4.78 is 14.0. The molecule has 1 aromatic heterocycles. The second kappa shape index (κ2) is 9.02. The van der Waals surface area contributed by atoms with Gasteiger partial charge in [0.2, 0.25) is 17.8 Å². The van der Waals surface area contributed by atoms with E-state index < -0.39 is 0 Å². The van der Waals surface area contributed by atoms with Crippen LogP contribution in [0, 0.1) is 6.92 Å². The van der Waals surface area contributed by atoms with Crippen molar-refractivity contribution in [2.45, 2.75) is 51.6 Å². The predicted octanol–water partition coefficient (Wildman–Crippen LogP) is 3.54. The summed E-state index contributed by atoms with van der Waals surface area (Å²) in [5.74, 6) is 0.741. The number of hydrogen-bond donors (Lipinski definition) is 2. The largest absolute Gasteiger partial charge is 0.632 e. The van der Waals surface area contributed by atoms with E-state index in [0.717, 1.165) is 37.7 Å². The van der Waals surface area contributed by atoms with Gasteiger partial charge in [-0.05, 0) is 19.8 Å². The number of aromatic hydroxyl groups is 2. The fourth-order valence-electron chi connectivity index (χ4n) is 4.54. The molecule has 3 aromatic rings. The highest BCUT2D eigenvalue weighted by Gasteiger charge is 2.40. The van der Waals surface area contributed by atoms with Crippen LogP contribution in [0.15, 0.2) is 36.4 Å². The van der Waals surface area contributed by atoms with Crippen molar-refractivity contribution in [3.8, 4) is 23.4 Å². The van der Waals surface area contributed by atoms with Gasteiger partial charge in [-0.25, -0.2) is 0 Å². The molecule has 1 aliphatic rings. The molecule has 0 atom stereocenters. The molecular formula is C25H30N2O5+2. The number of fused-ring (bicyclic) bond motifs is 1. The van der Waals surface area contributed by atoms with Crippen molar-refractivity contribution < 1.29 is 33.6 Å². The molecule has 1 aliphatic carbocycles. The third-order valence-electron chi connectivity index (χ3n) is 6.33. The Morgan fingerprint density at radius 1 is 1.00 bits per heavy atom. The van der Waals surface area contributed by atoms with Crippen molar-refractivity contribution in [1.82, 2.24) is 0 Å². The first kappa shape index (κ1) is 21.9. The van der Waals surface area contributed by atoms with Crippen molar-refractivity contribution in [2.24, 2.45) is 0 Å². The molecule has 0 bridgehead atoms. The third kappa shape index (κ3) is 3.95. The van der Waals surface area contributed by atoms with Gasteiger partial charge < -0.3 is 19.7 Å². The van der Waals surface area contributed by atoms with Crippen molar-refractivity contribution in [3.63, 3.8) is 0 Å². The van der Waals surface area contributed by atoms with Gasteiger partial charge in [0.15, 0.2) is 22.9 Å². The number of hydrogen-bond acceptors (Lipinski definition) is 5. The van der Waals surface area contributed by atoms with Gasteiger partial charge in [-0.15, -0.1) is 0 Å². The molecule has 2 N–H and O–H groups in total. The molecule has 2 aromatic carbocycles. The normalized spacial score (nSPS) is 14.5. The van der Waals surface area contributed by atoms with Gasteiger partial charge in [0.05, 0.1) is 20.3 Å². The first-order chi connectivity index (χ1) is 15.4. The summed E-state index contributed by atoms with van der Waals surface area (Å²) in [5, 5.41) is 23.0. The molecule has 7 nitrogen and oxygen atoms in total. The maximum absolute atomic E-state index is 13.1. The Hall–Kier alpha value is -3.35. The molecule has 0 unspecified atom stereocenters. The molecule has 0 amide bonds. The Morgan fingerprint density at radius 3 is 2.25 bits per heavy atom.